The number of anilines is 1. The molecule has 106 valence electrons. The van der Waals surface area contributed by atoms with Crippen molar-refractivity contribution in [1.29, 1.82) is 0 Å². The van der Waals surface area contributed by atoms with Gasteiger partial charge in [-0.3, -0.25) is 0 Å². The van der Waals surface area contributed by atoms with Crippen molar-refractivity contribution < 1.29 is 0 Å². The first-order chi connectivity index (χ1) is 10.2. The summed E-state index contributed by atoms with van der Waals surface area (Å²) in [6.07, 6.45) is 5.59. The van der Waals surface area contributed by atoms with Crippen LogP contribution in [0.15, 0.2) is 101 Å². The molecule has 0 atom stereocenters. The third-order valence-electron chi connectivity index (χ3n) is 3.04. The van der Waals surface area contributed by atoms with Crippen molar-refractivity contribution in [2.45, 2.75) is 9.79 Å². The topological polar surface area (TPSA) is 3.24 Å². The minimum Gasteiger partial charge on any atom is -0.345 e. The maximum absolute atomic E-state index is 4.07. The highest BCUT2D eigenvalue weighted by Crippen LogP contribution is 2.30. The summed E-state index contributed by atoms with van der Waals surface area (Å²) in [4.78, 5) is 4.52. The summed E-state index contributed by atoms with van der Waals surface area (Å²) in [7, 11) is 2.02. The van der Waals surface area contributed by atoms with Crippen LogP contribution in [0.2, 0.25) is 0 Å². The molecule has 2 rings (SSSR count). The van der Waals surface area contributed by atoms with E-state index in [-0.39, 0.29) is 0 Å². The minimum absolute atomic E-state index is 0.928. The molecule has 0 heterocycles. The molecule has 0 N–H and O–H groups in total. The van der Waals surface area contributed by atoms with Gasteiger partial charge in [-0.15, -0.1) is 0 Å². The Hall–Kier alpha value is -2.19. The summed E-state index contributed by atoms with van der Waals surface area (Å²) >= 11 is 1.76. The number of rotatable bonds is 6. The Bertz CT molecular complexity index is 644. The Kier molecular flexibility index (Phi) is 5.47. The van der Waals surface area contributed by atoms with Gasteiger partial charge >= 0.3 is 0 Å². The number of likely N-dealkylation sites (N-methyl/N-ethyl adjacent to an activating group) is 1. The van der Waals surface area contributed by atoms with E-state index in [2.05, 4.69) is 66.6 Å². The zero-order valence-electron chi connectivity index (χ0n) is 12.2. The molecule has 0 fully saturated rings. The first kappa shape index (κ1) is 15.2. The van der Waals surface area contributed by atoms with Gasteiger partial charge in [-0.1, -0.05) is 61.3 Å². The van der Waals surface area contributed by atoms with E-state index in [1.54, 1.807) is 17.8 Å². The van der Waals surface area contributed by atoms with Crippen LogP contribution in [0.4, 0.5) is 5.69 Å². The summed E-state index contributed by atoms with van der Waals surface area (Å²) < 4.78 is 0. The van der Waals surface area contributed by atoms with Crippen molar-refractivity contribution in [3.05, 3.63) is 91.7 Å². The highest BCUT2D eigenvalue weighted by Gasteiger charge is 2.04. The lowest BCUT2D eigenvalue weighted by atomic mass is 10.2. The Morgan fingerprint density at radius 3 is 2.48 bits per heavy atom. The van der Waals surface area contributed by atoms with Gasteiger partial charge in [0.05, 0.1) is 0 Å². The van der Waals surface area contributed by atoms with Crippen LogP contribution in [0.1, 0.15) is 0 Å². The van der Waals surface area contributed by atoms with Crippen molar-refractivity contribution in [2.75, 3.05) is 11.9 Å². The van der Waals surface area contributed by atoms with E-state index >= 15 is 0 Å². The third kappa shape index (κ3) is 4.40. The van der Waals surface area contributed by atoms with Crippen LogP contribution >= 0.6 is 11.8 Å². The molecule has 1 nitrogen and oxygen atoms in total. The van der Waals surface area contributed by atoms with E-state index < -0.39 is 0 Å². The van der Waals surface area contributed by atoms with Crippen LogP contribution in [0, 0.1) is 0 Å². The van der Waals surface area contributed by atoms with Crippen LogP contribution in [-0.4, -0.2) is 7.05 Å². The van der Waals surface area contributed by atoms with Crippen LogP contribution < -0.4 is 4.90 Å². The molecule has 0 radical (unpaired) electrons. The maximum atomic E-state index is 4.07. The van der Waals surface area contributed by atoms with Gasteiger partial charge in [0, 0.05) is 28.2 Å². The Morgan fingerprint density at radius 2 is 1.76 bits per heavy atom. The number of hydrogen-bond acceptors (Lipinski definition) is 2. The second kappa shape index (κ2) is 7.55. The molecule has 0 aromatic heterocycles. The Morgan fingerprint density at radius 1 is 1.05 bits per heavy atom. The zero-order valence-corrected chi connectivity index (χ0v) is 13.0. The Labute approximate surface area is 131 Å². The molecule has 2 aromatic rings. The van der Waals surface area contributed by atoms with Crippen molar-refractivity contribution in [3.8, 4) is 0 Å². The standard InChI is InChI=1S/C19H19NS/c1-4-5-10-16(2)20(3)17-11-9-14-19(15-17)21-18-12-7-6-8-13-18/h4-15H,1-2H2,3H3/b10-5-. The molecule has 0 bridgehead atoms. The highest BCUT2D eigenvalue weighted by molar-refractivity contribution is 7.99. The van der Waals surface area contributed by atoms with Gasteiger partial charge in [0.15, 0.2) is 0 Å². The van der Waals surface area contributed by atoms with E-state index in [1.807, 2.05) is 25.3 Å². The second-order valence-electron chi connectivity index (χ2n) is 4.56. The molecule has 0 aliphatic rings. The van der Waals surface area contributed by atoms with Gasteiger partial charge in [0.25, 0.3) is 0 Å². The first-order valence-electron chi connectivity index (χ1n) is 6.75. The largest absolute Gasteiger partial charge is 0.345 e. The number of allylic oxidation sites excluding steroid dienone is 3. The average Bonchev–Trinajstić information content (AvgIpc) is 2.53. The van der Waals surface area contributed by atoms with Gasteiger partial charge in [-0.25, -0.2) is 0 Å². The molecule has 0 amide bonds. The van der Waals surface area contributed by atoms with E-state index in [1.165, 1.54) is 9.79 Å². The summed E-state index contributed by atoms with van der Waals surface area (Å²) in [5.41, 5.74) is 2.05. The van der Waals surface area contributed by atoms with Crippen molar-refractivity contribution in [1.82, 2.24) is 0 Å². The van der Waals surface area contributed by atoms with Crippen molar-refractivity contribution in [3.63, 3.8) is 0 Å². The van der Waals surface area contributed by atoms with Gasteiger partial charge in [0.2, 0.25) is 0 Å². The average molecular weight is 293 g/mol. The monoisotopic (exact) mass is 293 g/mol. The predicted octanol–water partition coefficient (Wildman–Crippen LogP) is 5.53. The zero-order chi connectivity index (χ0) is 15.1. The number of nitrogens with zero attached hydrogens (tertiary/aromatic N) is 1. The molecule has 0 spiro atoms. The van der Waals surface area contributed by atoms with Gasteiger partial charge in [-0.05, 0) is 36.4 Å². The maximum Gasteiger partial charge on any atom is 0.0419 e. The normalized spacial score (nSPS) is 10.5. The molecular formula is C19H19NS. The van der Waals surface area contributed by atoms with E-state index in [9.17, 15) is 0 Å². The molecule has 0 aliphatic carbocycles. The third-order valence-corrected chi connectivity index (χ3v) is 4.04. The van der Waals surface area contributed by atoms with Crippen LogP contribution in [0.25, 0.3) is 0 Å². The van der Waals surface area contributed by atoms with Crippen LogP contribution in [-0.2, 0) is 0 Å². The smallest absolute Gasteiger partial charge is 0.0419 e. The Balaban J connectivity index is 2.15. The molecule has 0 saturated heterocycles. The fraction of sp³-hybridized carbons (Fsp3) is 0.0526. The van der Waals surface area contributed by atoms with Gasteiger partial charge in [0.1, 0.15) is 0 Å². The lowest BCUT2D eigenvalue weighted by molar-refractivity contribution is 1.13. The van der Waals surface area contributed by atoms with Crippen LogP contribution in [0.5, 0.6) is 0 Å². The molecule has 0 saturated carbocycles. The van der Waals surface area contributed by atoms with Gasteiger partial charge < -0.3 is 4.90 Å². The van der Waals surface area contributed by atoms with Crippen LogP contribution in [0.3, 0.4) is 0 Å². The van der Waals surface area contributed by atoms with E-state index in [0.717, 1.165) is 11.4 Å². The number of hydrogen-bond donors (Lipinski definition) is 0. The fourth-order valence-corrected chi connectivity index (χ4v) is 2.73. The first-order valence-corrected chi connectivity index (χ1v) is 7.57. The summed E-state index contributed by atoms with van der Waals surface area (Å²) in [6, 6.07) is 18.8. The second-order valence-corrected chi connectivity index (χ2v) is 5.70. The van der Waals surface area contributed by atoms with E-state index in [4.69, 9.17) is 0 Å². The molecule has 2 aromatic carbocycles. The van der Waals surface area contributed by atoms with E-state index in [0.29, 0.717) is 0 Å². The summed E-state index contributed by atoms with van der Waals surface area (Å²) in [6.45, 7) is 7.74. The molecule has 0 unspecified atom stereocenters. The fourth-order valence-electron chi connectivity index (χ4n) is 1.84. The van der Waals surface area contributed by atoms with Gasteiger partial charge in [-0.2, -0.15) is 0 Å². The highest BCUT2D eigenvalue weighted by atomic mass is 32.2. The lowest BCUT2D eigenvalue weighted by Gasteiger charge is -2.20. The molecule has 0 aliphatic heterocycles. The number of benzene rings is 2. The summed E-state index contributed by atoms with van der Waals surface area (Å²) in [5, 5.41) is 0. The SMILES string of the molecule is C=C/C=C\C(=C)N(C)c1cccc(Sc2ccccc2)c1. The molecule has 2 heteroatoms. The molecule has 21 heavy (non-hydrogen) atoms. The molecular weight excluding hydrogens is 274 g/mol. The minimum atomic E-state index is 0.928. The lowest BCUT2D eigenvalue weighted by Crippen LogP contribution is -2.13. The summed E-state index contributed by atoms with van der Waals surface area (Å²) in [5.74, 6) is 0. The van der Waals surface area contributed by atoms with Crippen molar-refractivity contribution >= 4 is 17.4 Å². The predicted molar refractivity (Wildman–Crippen MR) is 93.9 cm³/mol. The van der Waals surface area contributed by atoms with Crippen molar-refractivity contribution in [2.24, 2.45) is 0 Å². The quantitative estimate of drug-likeness (QED) is 0.644.